The first-order chi connectivity index (χ1) is 7.63. The zero-order valence-electron chi connectivity index (χ0n) is 8.49. The molecule has 84 valence electrons. The van der Waals surface area contributed by atoms with E-state index in [0.29, 0.717) is 20.8 Å². The van der Waals surface area contributed by atoms with Crippen molar-refractivity contribution in [3.63, 3.8) is 0 Å². The van der Waals surface area contributed by atoms with Gasteiger partial charge in [-0.25, -0.2) is 4.79 Å². The van der Waals surface area contributed by atoms with Crippen LogP contribution in [0.4, 0.5) is 0 Å². The third-order valence-electron chi connectivity index (χ3n) is 2.12. The molecule has 0 unspecified atom stereocenters. The van der Waals surface area contributed by atoms with E-state index in [1.807, 2.05) is 0 Å². The first-order valence-corrected chi connectivity index (χ1v) is 5.08. The summed E-state index contributed by atoms with van der Waals surface area (Å²) in [6, 6.07) is 2.88. The number of fused-ring (bicyclic) bond motifs is 1. The van der Waals surface area contributed by atoms with Crippen LogP contribution >= 0.6 is 11.6 Å². The second-order valence-electron chi connectivity index (χ2n) is 3.15. The summed E-state index contributed by atoms with van der Waals surface area (Å²) < 4.78 is 5.45. The normalized spacial score (nSPS) is 10.6. The van der Waals surface area contributed by atoms with Crippen LogP contribution in [0.25, 0.3) is 11.0 Å². The fourth-order valence-electron chi connectivity index (χ4n) is 1.42. The molecule has 0 fully saturated rings. The zero-order chi connectivity index (χ0) is 11.7. The van der Waals surface area contributed by atoms with Gasteiger partial charge in [-0.05, 0) is 6.92 Å². The van der Waals surface area contributed by atoms with Crippen LogP contribution in [0.2, 0.25) is 5.02 Å². The van der Waals surface area contributed by atoms with Gasteiger partial charge in [-0.1, -0.05) is 11.6 Å². The molecule has 0 saturated heterocycles. The van der Waals surface area contributed by atoms with E-state index in [1.54, 1.807) is 6.92 Å². The first-order valence-electron chi connectivity index (χ1n) is 4.71. The van der Waals surface area contributed by atoms with Gasteiger partial charge in [-0.2, -0.15) is 4.73 Å². The Hall–Kier alpha value is -1.75. The molecule has 0 radical (unpaired) electrons. The van der Waals surface area contributed by atoms with Crippen molar-refractivity contribution in [2.45, 2.75) is 6.92 Å². The summed E-state index contributed by atoms with van der Waals surface area (Å²) in [6.45, 7) is 1.99. The molecule has 6 heteroatoms. The minimum absolute atomic E-state index is 0.217. The predicted molar refractivity (Wildman–Crippen MR) is 58.2 cm³/mol. The smallest absolute Gasteiger partial charge is 0.355 e. The van der Waals surface area contributed by atoms with Crippen molar-refractivity contribution in [1.82, 2.24) is 4.98 Å². The molecule has 0 aliphatic rings. The van der Waals surface area contributed by atoms with Crippen molar-refractivity contribution in [2.24, 2.45) is 0 Å². The van der Waals surface area contributed by atoms with Crippen LogP contribution in [-0.2, 0) is 4.74 Å². The Bertz CT molecular complexity index is 511. The van der Waals surface area contributed by atoms with Gasteiger partial charge in [0.1, 0.15) is 11.2 Å². The molecule has 2 aromatic rings. The molecule has 0 aromatic carbocycles. The number of aromatic amines is 1. The van der Waals surface area contributed by atoms with Crippen molar-refractivity contribution in [3.8, 4) is 0 Å². The lowest BCUT2D eigenvalue weighted by Gasteiger charge is -1.96. The van der Waals surface area contributed by atoms with E-state index < -0.39 is 5.97 Å². The summed E-state index contributed by atoms with van der Waals surface area (Å²) in [5, 5.41) is 11.8. The average molecular weight is 241 g/mol. The topological polar surface area (TPSA) is 69.0 Å². The van der Waals surface area contributed by atoms with Gasteiger partial charge in [0.15, 0.2) is 6.20 Å². The Morgan fingerprint density at radius 1 is 1.69 bits per heavy atom. The number of carbonyl (C=O) groups is 1. The van der Waals surface area contributed by atoms with Crippen molar-refractivity contribution >= 4 is 28.6 Å². The van der Waals surface area contributed by atoms with Gasteiger partial charge in [-0.3, -0.25) is 0 Å². The summed E-state index contributed by atoms with van der Waals surface area (Å²) in [4.78, 5) is 14.2. The lowest BCUT2D eigenvalue weighted by Crippen LogP contribution is -2.25. The summed E-state index contributed by atoms with van der Waals surface area (Å²) in [5.74, 6) is -0.505. The number of ether oxygens (including phenoxy) is 1. The number of rotatable bonds is 2. The number of carbonyl (C=O) groups excluding carboxylic acids is 1. The average Bonchev–Trinajstić information content (AvgIpc) is 2.70. The summed E-state index contributed by atoms with van der Waals surface area (Å²) >= 11 is 5.89. The molecule has 0 saturated carbocycles. The van der Waals surface area contributed by atoms with Crippen molar-refractivity contribution < 1.29 is 14.3 Å². The fourth-order valence-corrected chi connectivity index (χ4v) is 1.62. The maximum atomic E-state index is 11.4. The Morgan fingerprint density at radius 2 is 2.44 bits per heavy atom. The van der Waals surface area contributed by atoms with E-state index in [-0.39, 0.29) is 12.3 Å². The van der Waals surface area contributed by atoms with E-state index in [0.717, 1.165) is 0 Å². The second-order valence-corrected chi connectivity index (χ2v) is 3.56. The van der Waals surface area contributed by atoms with Gasteiger partial charge in [0, 0.05) is 12.1 Å². The van der Waals surface area contributed by atoms with Crippen molar-refractivity contribution in [2.75, 3.05) is 6.61 Å². The summed E-state index contributed by atoms with van der Waals surface area (Å²) in [5.41, 5.74) is 0.965. The van der Waals surface area contributed by atoms with Crippen LogP contribution in [0.15, 0.2) is 18.3 Å². The highest BCUT2D eigenvalue weighted by Crippen LogP contribution is 2.20. The Kier molecular flexibility index (Phi) is 2.70. The van der Waals surface area contributed by atoms with E-state index >= 15 is 0 Å². The van der Waals surface area contributed by atoms with Gasteiger partial charge in [0.2, 0.25) is 5.52 Å². The number of halogens is 1. The monoisotopic (exact) mass is 240 g/mol. The van der Waals surface area contributed by atoms with Crippen LogP contribution in [-0.4, -0.2) is 17.6 Å². The number of hydrogen-bond acceptors (Lipinski definition) is 3. The van der Waals surface area contributed by atoms with Crippen LogP contribution in [0.1, 0.15) is 17.4 Å². The number of hydrogen-bond donors (Lipinski definition) is 1. The van der Waals surface area contributed by atoms with Crippen molar-refractivity contribution in [3.05, 3.63) is 34.3 Å². The lowest BCUT2D eigenvalue weighted by molar-refractivity contribution is -0.576. The molecule has 2 heterocycles. The largest absolute Gasteiger partial charge is 0.618 e. The highest BCUT2D eigenvalue weighted by Gasteiger charge is 2.17. The molecule has 0 aliphatic carbocycles. The zero-order valence-corrected chi connectivity index (χ0v) is 9.25. The maximum Gasteiger partial charge on any atom is 0.355 e. The SMILES string of the molecule is CCOC(=O)c1cc2c([nH]1)c(Cl)cc[n+]2[O-]. The van der Waals surface area contributed by atoms with Gasteiger partial charge in [0.05, 0.1) is 11.6 Å². The van der Waals surface area contributed by atoms with Crippen LogP contribution in [0.5, 0.6) is 0 Å². The third-order valence-corrected chi connectivity index (χ3v) is 2.44. The quantitative estimate of drug-likeness (QED) is 0.493. The van der Waals surface area contributed by atoms with Crippen molar-refractivity contribution in [1.29, 1.82) is 0 Å². The van der Waals surface area contributed by atoms with Crippen LogP contribution in [0.3, 0.4) is 0 Å². The molecule has 0 spiro atoms. The van der Waals surface area contributed by atoms with Crippen LogP contribution < -0.4 is 4.73 Å². The molecule has 5 nitrogen and oxygen atoms in total. The summed E-state index contributed by atoms with van der Waals surface area (Å²) in [6.07, 6.45) is 1.29. The first kappa shape index (κ1) is 10.8. The van der Waals surface area contributed by atoms with E-state index in [1.165, 1.54) is 18.3 Å². The Balaban J connectivity index is 2.55. The number of nitrogens with zero attached hydrogens (tertiary/aromatic N) is 1. The summed E-state index contributed by atoms with van der Waals surface area (Å²) in [7, 11) is 0. The molecule has 0 aliphatic heterocycles. The minimum Gasteiger partial charge on any atom is -0.618 e. The molecule has 16 heavy (non-hydrogen) atoms. The van der Waals surface area contributed by atoms with Gasteiger partial charge in [-0.15, -0.1) is 0 Å². The predicted octanol–water partition coefficient (Wildman–Crippen LogP) is 1.63. The van der Waals surface area contributed by atoms with Crippen LogP contribution in [0, 0.1) is 5.21 Å². The van der Waals surface area contributed by atoms with E-state index in [9.17, 15) is 10.0 Å². The molecule has 0 bridgehead atoms. The molecule has 1 N–H and O–H groups in total. The highest BCUT2D eigenvalue weighted by atomic mass is 35.5. The standard InChI is InChI=1S/C10H9ClN2O3/c1-2-16-10(14)7-5-8-9(12-7)6(11)3-4-13(8)15/h3-5,12H,2H2,1H3. The Morgan fingerprint density at radius 3 is 3.06 bits per heavy atom. The maximum absolute atomic E-state index is 11.4. The molecule has 0 atom stereocenters. The molecular formula is C10H9ClN2O3. The number of esters is 1. The number of nitrogens with one attached hydrogen (secondary N) is 1. The van der Waals surface area contributed by atoms with E-state index in [4.69, 9.17) is 16.3 Å². The second kappa shape index (κ2) is 4.02. The third kappa shape index (κ3) is 1.69. The van der Waals surface area contributed by atoms with Gasteiger partial charge >= 0.3 is 5.97 Å². The molecular weight excluding hydrogens is 232 g/mol. The fraction of sp³-hybridized carbons (Fsp3) is 0.200. The number of H-pyrrole nitrogens is 1. The molecule has 2 aromatic heterocycles. The lowest BCUT2D eigenvalue weighted by atomic mass is 10.3. The molecule has 2 rings (SSSR count). The van der Waals surface area contributed by atoms with E-state index in [2.05, 4.69) is 4.98 Å². The highest BCUT2D eigenvalue weighted by molar-refractivity contribution is 6.34. The minimum atomic E-state index is -0.505. The molecule has 0 amide bonds. The van der Waals surface area contributed by atoms with Gasteiger partial charge in [0.25, 0.3) is 0 Å². The van der Waals surface area contributed by atoms with Gasteiger partial charge < -0.3 is 14.9 Å². The number of aromatic nitrogens is 2. The Labute approximate surface area is 96.2 Å². The number of pyridine rings is 1.